The Kier molecular flexibility index (Phi) is 58.1. The standard InChI is InChI=1S/2C9H21P.C7H7Se.C4H10S.2ClH.2Pt/c2*1-4-7-10(8-5-2)9-6-3;8-6-7-4-2-1-3-5-7;1-4(2,3)5;;;;/h2*4-9H2,1-3H3;1-5H,6H2;5H,1-3H3;2*1H;;/q;;;;;;2*+1/p-3. The number of hydrogen-bond donors (Lipinski definition) is 0. The van der Waals surface area contributed by atoms with Gasteiger partial charge in [0.1, 0.15) is 0 Å². The molecule has 0 aliphatic rings. The van der Waals surface area contributed by atoms with Crippen LogP contribution in [0.25, 0.3) is 0 Å². The van der Waals surface area contributed by atoms with Gasteiger partial charge in [-0.15, -0.1) is 15.8 Å². The molecule has 0 N–H and O–H groups in total. The van der Waals surface area contributed by atoms with E-state index in [4.69, 9.17) is 12.6 Å². The van der Waals surface area contributed by atoms with E-state index in [9.17, 15) is 0 Å². The summed E-state index contributed by atoms with van der Waals surface area (Å²) in [5, 5.41) is 1.01. The van der Waals surface area contributed by atoms with Crippen molar-refractivity contribution in [2.24, 2.45) is 0 Å². The van der Waals surface area contributed by atoms with E-state index in [0.717, 1.165) is 5.32 Å². The van der Waals surface area contributed by atoms with Crippen LogP contribution in [0.1, 0.15) is 106 Å². The minimum absolute atomic E-state index is 0.0833. The summed E-state index contributed by atoms with van der Waals surface area (Å²) in [6, 6.07) is 10.3. The molecule has 1 aromatic carbocycles. The van der Waals surface area contributed by atoms with Crippen molar-refractivity contribution in [1.29, 1.82) is 0 Å². The van der Waals surface area contributed by atoms with E-state index in [2.05, 4.69) is 88.5 Å². The van der Waals surface area contributed by atoms with Crippen LogP contribution < -0.4 is 0 Å². The first-order valence-electron chi connectivity index (χ1n) is 13.6. The first-order valence-corrected chi connectivity index (χ1v) is 24.7. The zero-order valence-electron chi connectivity index (χ0n) is 25.2. The maximum atomic E-state index is 4.83. The van der Waals surface area contributed by atoms with Gasteiger partial charge in [-0.3, -0.25) is 0 Å². The van der Waals surface area contributed by atoms with Gasteiger partial charge in [-0.2, -0.15) is 4.75 Å². The van der Waals surface area contributed by atoms with E-state index >= 15 is 0 Å². The third kappa shape index (κ3) is 55.5. The summed E-state index contributed by atoms with van der Waals surface area (Å²) < 4.78 is 0.0833. The summed E-state index contributed by atoms with van der Waals surface area (Å²) in [4.78, 5) is 0. The molecule has 0 spiro atoms. The normalized spacial score (nSPS) is 9.81. The molecule has 0 aliphatic carbocycles. The van der Waals surface area contributed by atoms with Gasteiger partial charge in [-0.05, 0) is 37.0 Å². The molecule has 37 heavy (non-hydrogen) atoms. The summed E-state index contributed by atoms with van der Waals surface area (Å²) >= 11 is 11.0. The molecule has 0 heterocycles. The van der Waals surface area contributed by atoms with Crippen LogP contribution in [0, 0.1) is 0 Å². The molecule has 0 fully saturated rings. The van der Waals surface area contributed by atoms with Crippen LogP contribution in [0.2, 0.25) is 0 Å². The Morgan fingerprint density at radius 3 is 0.973 bits per heavy atom. The van der Waals surface area contributed by atoms with Gasteiger partial charge in [0.15, 0.2) is 0 Å². The molecule has 0 atom stereocenters. The summed E-state index contributed by atoms with van der Waals surface area (Å²) in [5.74, 6) is 0. The van der Waals surface area contributed by atoms with Crippen LogP contribution in [0.3, 0.4) is 0 Å². The zero-order valence-corrected chi connectivity index (χ0v) is 35.6. The fraction of sp³-hybridized carbons (Fsp3) is 0.793. The van der Waals surface area contributed by atoms with Crippen LogP contribution in [0.15, 0.2) is 30.3 Å². The van der Waals surface area contributed by atoms with Gasteiger partial charge in [-0.1, -0.05) is 101 Å². The van der Waals surface area contributed by atoms with Crippen molar-refractivity contribution in [2.45, 2.75) is 111 Å². The predicted octanol–water partition coefficient (Wildman–Crippen LogP) is 11.5. The molecule has 0 bridgehead atoms. The van der Waals surface area contributed by atoms with E-state index < -0.39 is 0 Å². The van der Waals surface area contributed by atoms with E-state index in [1.165, 1.54) is 81.1 Å². The van der Waals surface area contributed by atoms with Crippen molar-refractivity contribution < 1.29 is 37.5 Å². The second-order valence-electron chi connectivity index (χ2n) is 9.43. The Balaban J connectivity index is -0.000000120. The van der Waals surface area contributed by atoms with Crippen molar-refractivity contribution in [3.05, 3.63) is 35.9 Å². The molecule has 1 aromatic rings. The molecule has 0 nitrogen and oxygen atoms in total. The van der Waals surface area contributed by atoms with Crippen molar-refractivity contribution in [1.82, 2.24) is 0 Å². The van der Waals surface area contributed by atoms with Crippen LogP contribution in [-0.2, 0) is 55.5 Å². The molecule has 0 saturated heterocycles. The molecule has 1 radical (unpaired) electrons. The Morgan fingerprint density at radius 1 is 0.622 bits per heavy atom. The van der Waals surface area contributed by atoms with Gasteiger partial charge >= 0.3 is 114 Å². The van der Waals surface area contributed by atoms with Crippen molar-refractivity contribution in [3.63, 3.8) is 0 Å². The summed E-state index contributed by atoms with van der Waals surface area (Å²) in [7, 11) is 10.1. The predicted molar refractivity (Wildman–Crippen MR) is 180 cm³/mol. The quantitative estimate of drug-likeness (QED) is 0.108. The maximum absolute atomic E-state index is 4.83. The minimum atomic E-state index is 0.0833. The SMILES string of the molecule is CC(C)(C)[S-].CCCP(CCC)CCC.CCCP(CCC)CCC.[Cl][Pt].[Cl][Pt].[Se]Cc1ccccc1. The summed E-state index contributed by atoms with van der Waals surface area (Å²) in [6.07, 6.45) is 17.4. The van der Waals surface area contributed by atoms with E-state index in [0.29, 0.717) is 15.8 Å². The van der Waals surface area contributed by atoms with E-state index in [-0.39, 0.29) is 4.75 Å². The molecule has 1 rings (SSSR count). The topological polar surface area (TPSA) is 0 Å². The molecular formula is C29H58Cl2P2Pt2SSe-. The van der Waals surface area contributed by atoms with Gasteiger partial charge in [0.05, 0.1) is 0 Å². The van der Waals surface area contributed by atoms with Gasteiger partial charge < -0.3 is 12.6 Å². The Hall–Kier alpha value is 2.91. The Labute approximate surface area is 281 Å². The fourth-order valence-electron chi connectivity index (χ4n) is 3.14. The number of rotatable bonds is 13. The number of halogens is 2. The third-order valence-corrected chi connectivity index (χ3v) is 11.4. The van der Waals surface area contributed by atoms with Gasteiger partial charge in [0.2, 0.25) is 0 Å². The average molecular weight is 1040 g/mol. The van der Waals surface area contributed by atoms with Crippen LogP contribution >= 0.6 is 34.7 Å². The summed E-state index contributed by atoms with van der Waals surface area (Å²) in [5.41, 5.74) is 1.35. The van der Waals surface area contributed by atoms with E-state index in [1.54, 1.807) is 37.5 Å². The van der Waals surface area contributed by atoms with Gasteiger partial charge in [0, 0.05) is 0 Å². The fourth-order valence-corrected chi connectivity index (χ4v) is 8.68. The molecule has 0 amide bonds. The molecule has 8 heteroatoms. The average Bonchev–Trinajstić information content (AvgIpc) is 2.88. The number of benzene rings is 1. The third-order valence-electron chi connectivity index (χ3n) is 4.25. The van der Waals surface area contributed by atoms with Crippen LogP contribution in [0.5, 0.6) is 0 Å². The molecule has 231 valence electrons. The zero-order chi connectivity index (χ0) is 30.0. The molecule has 0 aromatic heterocycles. The van der Waals surface area contributed by atoms with Crippen molar-refractivity contribution in [2.75, 3.05) is 37.0 Å². The second kappa shape index (κ2) is 43.4. The number of hydrogen-bond acceptors (Lipinski definition) is 1. The first-order chi connectivity index (χ1) is 17.6. The Morgan fingerprint density at radius 2 is 0.838 bits per heavy atom. The van der Waals surface area contributed by atoms with Crippen molar-refractivity contribution in [3.8, 4) is 0 Å². The molecule has 0 saturated carbocycles. The van der Waals surface area contributed by atoms with Gasteiger partial charge in [0.25, 0.3) is 0 Å². The van der Waals surface area contributed by atoms with E-state index in [1.807, 2.05) is 39.0 Å². The van der Waals surface area contributed by atoms with Crippen LogP contribution in [-0.4, -0.2) is 57.7 Å². The monoisotopic (exact) mass is 1040 g/mol. The molecule has 0 aliphatic heterocycles. The first kappa shape index (κ1) is 49.6. The Bertz CT molecular complexity index is 432. The van der Waals surface area contributed by atoms with Crippen LogP contribution in [0.4, 0.5) is 0 Å². The van der Waals surface area contributed by atoms with Gasteiger partial charge in [-0.25, -0.2) is 0 Å². The van der Waals surface area contributed by atoms with Crippen molar-refractivity contribution >= 4 is 63.3 Å². The second-order valence-corrected chi connectivity index (χ2v) is 16.6. The summed E-state index contributed by atoms with van der Waals surface area (Å²) in [6.45, 7) is 19.8. The molecular weight excluding hydrogens is 982 g/mol. The molecule has 0 unspecified atom stereocenters.